The number of aromatic nitrogens is 2. The van der Waals surface area contributed by atoms with Gasteiger partial charge in [0.25, 0.3) is 0 Å². The first kappa shape index (κ1) is 12.7. The molecular weight excluding hydrogens is 330 g/mol. The second-order valence-electron chi connectivity index (χ2n) is 3.30. The third-order valence-corrected chi connectivity index (χ3v) is 3.60. The Hall–Kier alpha value is -0.710. The van der Waals surface area contributed by atoms with E-state index in [9.17, 15) is 4.39 Å². The molecule has 0 aliphatic rings. The Morgan fingerprint density at radius 2 is 2.06 bits per heavy atom. The van der Waals surface area contributed by atoms with Crippen LogP contribution < -0.4 is 0 Å². The molecule has 1 aromatic carbocycles. The molecule has 0 spiro atoms. The number of hydrogen-bond acceptors (Lipinski definition) is 2. The summed E-state index contributed by atoms with van der Waals surface area (Å²) in [4.78, 5) is 8.08. The highest BCUT2D eigenvalue weighted by molar-refractivity contribution is 9.10. The molecule has 1 aromatic heterocycles. The largest absolute Gasteiger partial charge is 0.240 e. The van der Waals surface area contributed by atoms with E-state index in [0.29, 0.717) is 26.0 Å². The van der Waals surface area contributed by atoms with Gasteiger partial charge in [0.15, 0.2) is 0 Å². The summed E-state index contributed by atoms with van der Waals surface area (Å²) < 4.78 is 14.1. The van der Waals surface area contributed by atoms with Crippen molar-refractivity contribution in [1.29, 1.82) is 0 Å². The molecule has 88 valence electrons. The van der Waals surface area contributed by atoms with Crippen LogP contribution in [0.15, 0.2) is 28.9 Å². The topological polar surface area (TPSA) is 25.8 Å². The lowest BCUT2D eigenvalue weighted by molar-refractivity contribution is 0.612. The average Bonchev–Trinajstić information content (AvgIpc) is 2.28. The molecule has 0 aliphatic carbocycles. The number of halogens is 4. The molecule has 0 fully saturated rings. The number of benzene rings is 1. The zero-order valence-corrected chi connectivity index (χ0v) is 11.5. The summed E-state index contributed by atoms with van der Waals surface area (Å²) in [5.74, 6) is 0.0466. The second-order valence-corrected chi connectivity index (χ2v) is 4.92. The predicted octanol–water partition coefficient (Wildman–Crippen LogP) is 4.28. The Kier molecular flexibility index (Phi) is 3.97. The van der Waals surface area contributed by atoms with E-state index >= 15 is 0 Å². The first-order valence-electron chi connectivity index (χ1n) is 4.67. The van der Waals surface area contributed by atoms with Crippen molar-refractivity contribution in [3.8, 4) is 0 Å². The Morgan fingerprint density at radius 3 is 2.71 bits per heavy atom. The minimum Gasteiger partial charge on any atom is -0.240 e. The molecule has 17 heavy (non-hydrogen) atoms. The number of rotatable bonds is 2. The molecule has 0 aliphatic heterocycles. The van der Waals surface area contributed by atoms with Crippen LogP contribution in [-0.2, 0) is 6.42 Å². The van der Waals surface area contributed by atoms with E-state index in [-0.39, 0.29) is 12.2 Å². The predicted molar refractivity (Wildman–Crippen MR) is 69.0 cm³/mol. The molecule has 0 saturated carbocycles. The summed E-state index contributed by atoms with van der Waals surface area (Å²) >= 11 is 14.9. The van der Waals surface area contributed by atoms with E-state index in [4.69, 9.17) is 23.2 Å². The van der Waals surface area contributed by atoms with Gasteiger partial charge < -0.3 is 0 Å². The van der Waals surface area contributed by atoms with Crippen molar-refractivity contribution in [2.45, 2.75) is 6.42 Å². The molecule has 1 heterocycles. The summed E-state index contributed by atoms with van der Waals surface area (Å²) in [6.07, 6.45) is 1.73. The first-order valence-corrected chi connectivity index (χ1v) is 6.22. The molecule has 0 bridgehead atoms. The Bertz CT molecular complexity index is 543. The van der Waals surface area contributed by atoms with E-state index in [1.807, 2.05) is 0 Å². The first-order chi connectivity index (χ1) is 8.08. The maximum atomic E-state index is 13.5. The highest BCUT2D eigenvalue weighted by atomic mass is 79.9. The lowest BCUT2D eigenvalue weighted by Crippen LogP contribution is -2.00. The zero-order chi connectivity index (χ0) is 12.4. The number of nitrogens with zero attached hydrogens (tertiary/aromatic N) is 2. The van der Waals surface area contributed by atoms with E-state index in [2.05, 4.69) is 25.9 Å². The standard InChI is InChI=1S/C11H6BrCl2FN2/c12-7-5-16-10(17-11(7)14)4-6-8(13)2-1-3-9(6)15/h1-3,5H,4H2. The van der Waals surface area contributed by atoms with Gasteiger partial charge in [0, 0.05) is 23.2 Å². The van der Waals surface area contributed by atoms with Crippen LogP contribution in [0.2, 0.25) is 10.2 Å². The highest BCUT2D eigenvalue weighted by Gasteiger charge is 2.10. The molecule has 2 rings (SSSR count). The van der Waals surface area contributed by atoms with E-state index in [1.165, 1.54) is 12.3 Å². The lowest BCUT2D eigenvalue weighted by Gasteiger charge is -2.05. The van der Waals surface area contributed by atoms with Gasteiger partial charge in [-0.15, -0.1) is 0 Å². The van der Waals surface area contributed by atoms with Crippen molar-refractivity contribution >= 4 is 39.1 Å². The molecule has 0 N–H and O–H groups in total. The minimum absolute atomic E-state index is 0.207. The van der Waals surface area contributed by atoms with Crippen molar-refractivity contribution in [2.75, 3.05) is 0 Å². The lowest BCUT2D eigenvalue weighted by atomic mass is 10.1. The molecule has 2 nitrogen and oxygen atoms in total. The molecule has 0 radical (unpaired) electrons. The third kappa shape index (κ3) is 2.94. The monoisotopic (exact) mass is 334 g/mol. The maximum absolute atomic E-state index is 13.5. The summed E-state index contributed by atoms with van der Waals surface area (Å²) in [6, 6.07) is 4.53. The fourth-order valence-corrected chi connectivity index (χ4v) is 1.89. The molecule has 2 aromatic rings. The van der Waals surface area contributed by atoms with Crippen LogP contribution in [0.1, 0.15) is 11.4 Å². The molecule has 6 heteroatoms. The van der Waals surface area contributed by atoms with Gasteiger partial charge >= 0.3 is 0 Å². The van der Waals surface area contributed by atoms with Gasteiger partial charge in [0.1, 0.15) is 16.8 Å². The smallest absolute Gasteiger partial charge is 0.146 e. The van der Waals surface area contributed by atoms with Gasteiger partial charge in [-0.05, 0) is 28.1 Å². The fourth-order valence-electron chi connectivity index (χ4n) is 1.32. The van der Waals surface area contributed by atoms with Gasteiger partial charge in [-0.2, -0.15) is 0 Å². The summed E-state index contributed by atoms with van der Waals surface area (Å²) in [6.45, 7) is 0. The van der Waals surface area contributed by atoms with Gasteiger partial charge in [0.05, 0.1) is 4.47 Å². The van der Waals surface area contributed by atoms with E-state index in [0.717, 1.165) is 0 Å². The van der Waals surface area contributed by atoms with E-state index in [1.54, 1.807) is 12.1 Å². The Labute approximate surface area is 116 Å². The SMILES string of the molecule is Fc1cccc(Cl)c1Cc1ncc(Br)c(Cl)n1. The fraction of sp³-hybridized carbons (Fsp3) is 0.0909. The molecule has 0 saturated heterocycles. The van der Waals surface area contributed by atoms with Crippen molar-refractivity contribution in [1.82, 2.24) is 9.97 Å². The zero-order valence-electron chi connectivity index (χ0n) is 8.42. The Balaban J connectivity index is 2.35. The van der Waals surface area contributed by atoms with Crippen LogP contribution in [0.3, 0.4) is 0 Å². The molecule has 0 amide bonds. The van der Waals surface area contributed by atoms with Crippen molar-refractivity contribution < 1.29 is 4.39 Å². The summed E-state index contributed by atoms with van der Waals surface area (Å²) in [7, 11) is 0. The third-order valence-electron chi connectivity index (χ3n) is 2.15. The quantitative estimate of drug-likeness (QED) is 0.766. The van der Waals surface area contributed by atoms with Gasteiger partial charge in [-0.25, -0.2) is 14.4 Å². The van der Waals surface area contributed by atoms with Crippen LogP contribution in [0.4, 0.5) is 4.39 Å². The molecule has 0 atom stereocenters. The average molecular weight is 336 g/mol. The maximum Gasteiger partial charge on any atom is 0.146 e. The normalized spacial score (nSPS) is 10.6. The summed E-state index contributed by atoms with van der Waals surface area (Å²) in [5, 5.41) is 0.648. The molecular formula is C11H6BrCl2FN2. The van der Waals surface area contributed by atoms with E-state index < -0.39 is 0 Å². The summed E-state index contributed by atoms with van der Waals surface area (Å²) in [5.41, 5.74) is 0.368. The van der Waals surface area contributed by atoms with Crippen LogP contribution in [0.5, 0.6) is 0 Å². The van der Waals surface area contributed by atoms with Crippen molar-refractivity contribution in [3.05, 3.63) is 56.2 Å². The highest BCUT2D eigenvalue weighted by Crippen LogP contribution is 2.23. The van der Waals surface area contributed by atoms with Crippen LogP contribution >= 0.6 is 39.1 Å². The number of hydrogen-bond donors (Lipinski definition) is 0. The Morgan fingerprint density at radius 1 is 1.29 bits per heavy atom. The van der Waals surface area contributed by atoms with Crippen LogP contribution in [0, 0.1) is 5.82 Å². The van der Waals surface area contributed by atoms with Gasteiger partial charge in [-0.3, -0.25) is 0 Å². The minimum atomic E-state index is -0.375. The van der Waals surface area contributed by atoms with Gasteiger partial charge in [-0.1, -0.05) is 29.3 Å². The van der Waals surface area contributed by atoms with Crippen molar-refractivity contribution in [2.24, 2.45) is 0 Å². The second kappa shape index (κ2) is 5.29. The van der Waals surface area contributed by atoms with Crippen LogP contribution in [-0.4, -0.2) is 9.97 Å². The van der Waals surface area contributed by atoms with Crippen LogP contribution in [0.25, 0.3) is 0 Å². The van der Waals surface area contributed by atoms with Crippen molar-refractivity contribution in [3.63, 3.8) is 0 Å². The van der Waals surface area contributed by atoms with Gasteiger partial charge in [0.2, 0.25) is 0 Å². The molecule has 0 unspecified atom stereocenters.